The van der Waals surface area contributed by atoms with Crippen LogP contribution in [0.15, 0.2) is 30.3 Å². The highest BCUT2D eigenvalue weighted by molar-refractivity contribution is 5.71. The first-order valence-corrected chi connectivity index (χ1v) is 4.98. The largest absolute Gasteiger partial charge is 0.455 e. The lowest BCUT2D eigenvalue weighted by atomic mass is 9.94. The standard InChI is InChI=1S/C12H15FO3/c1-12(2,16-10(14)8-13)11(15)9-6-4-3-5-7-9/h3-7,11,15H,8H2,1-2H3. The van der Waals surface area contributed by atoms with Crippen molar-refractivity contribution >= 4 is 5.97 Å². The predicted octanol–water partition coefficient (Wildman–Crippen LogP) is 2.01. The van der Waals surface area contributed by atoms with Gasteiger partial charge in [0.25, 0.3) is 0 Å². The van der Waals surface area contributed by atoms with Crippen LogP contribution in [-0.2, 0) is 9.53 Å². The molecule has 1 atom stereocenters. The van der Waals surface area contributed by atoms with Gasteiger partial charge in [-0.1, -0.05) is 30.3 Å². The average molecular weight is 226 g/mol. The maximum Gasteiger partial charge on any atom is 0.338 e. The highest BCUT2D eigenvalue weighted by atomic mass is 19.1. The summed E-state index contributed by atoms with van der Waals surface area (Å²) in [6.07, 6.45) is -0.982. The molecule has 0 spiro atoms. The van der Waals surface area contributed by atoms with E-state index in [1.807, 2.05) is 6.07 Å². The second-order valence-electron chi connectivity index (χ2n) is 4.02. The zero-order valence-corrected chi connectivity index (χ0v) is 9.31. The Morgan fingerprint density at radius 3 is 2.50 bits per heavy atom. The van der Waals surface area contributed by atoms with Crippen molar-refractivity contribution in [2.75, 3.05) is 6.67 Å². The summed E-state index contributed by atoms with van der Waals surface area (Å²) >= 11 is 0. The Morgan fingerprint density at radius 1 is 1.44 bits per heavy atom. The van der Waals surface area contributed by atoms with Crippen LogP contribution in [0.2, 0.25) is 0 Å². The van der Waals surface area contributed by atoms with Crippen molar-refractivity contribution in [3.63, 3.8) is 0 Å². The first-order valence-electron chi connectivity index (χ1n) is 4.98. The van der Waals surface area contributed by atoms with Gasteiger partial charge in [-0.2, -0.15) is 0 Å². The molecule has 0 aliphatic rings. The molecule has 0 aromatic heterocycles. The molecule has 1 aromatic rings. The van der Waals surface area contributed by atoms with E-state index in [9.17, 15) is 14.3 Å². The number of carbonyl (C=O) groups excluding carboxylic acids is 1. The van der Waals surface area contributed by atoms with Crippen LogP contribution < -0.4 is 0 Å². The lowest BCUT2D eigenvalue weighted by molar-refractivity contribution is -0.169. The second kappa shape index (κ2) is 5.07. The molecule has 0 heterocycles. The van der Waals surface area contributed by atoms with Crippen LogP contribution in [0, 0.1) is 0 Å². The molecular formula is C12H15FO3. The van der Waals surface area contributed by atoms with Gasteiger partial charge in [-0.15, -0.1) is 0 Å². The third-order valence-corrected chi connectivity index (χ3v) is 2.26. The zero-order valence-electron chi connectivity index (χ0n) is 9.31. The minimum Gasteiger partial charge on any atom is -0.455 e. The SMILES string of the molecule is CC(C)(OC(=O)CF)C(O)c1ccccc1. The number of esters is 1. The van der Waals surface area contributed by atoms with Gasteiger partial charge in [-0.05, 0) is 19.4 Å². The van der Waals surface area contributed by atoms with Crippen molar-refractivity contribution in [1.29, 1.82) is 0 Å². The lowest BCUT2D eigenvalue weighted by Crippen LogP contribution is -2.35. The quantitative estimate of drug-likeness (QED) is 0.799. The minimum atomic E-state index is -1.19. The van der Waals surface area contributed by atoms with E-state index in [0.29, 0.717) is 5.56 Å². The number of alkyl halides is 1. The van der Waals surface area contributed by atoms with Crippen molar-refractivity contribution in [3.8, 4) is 0 Å². The van der Waals surface area contributed by atoms with Crippen molar-refractivity contribution < 1.29 is 19.0 Å². The van der Waals surface area contributed by atoms with Gasteiger partial charge in [-0.25, -0.2) is 9.18 Å². The highest BCUT2D eigenvalue weighted by Crippen LogP contribution is 2.28. The van der Waals surface area contributed by atoms with E-state index < -0.39 is 24.3 Å². The molecular weight excluding hydrogens is 211 g/mol. The number of rotatable bonds is 4. The number of carbonyl (C=O) groups is 1. The van der Waals surface area contributed by atoms with Crippen molar-refractivity contribution in [1.82, 2.24) is 0 Å². The molecule has 3 nitrogen and oxygen atoms in total. The molecule has 4 heteroatoms. The molecule has 16 heavy (non-hydrogen) atoms. The van der Waals surface area contributed by atoms with Gasteiger partial charge in [0.2, 0.25) is 0 Å². The molecule has 0 fully saturated rings. The molecule has 0 saturated heterocycles. The molecule has 0 saturated carbocycles. The molecule has 1 N–H and O–H groups in total. The molecule has 0 amide bonds. The molecule has 0 aliphatic carbocycles. The Bertz CT molecular complexity index is 349. The number of ether oxygens (including phenoxy) is 1. The van der Waals surface area contributed by atoms with Crippen LogP contribution in [0.4, 0.5) is 4.39 Å². The van der Waals surface area contributed by atoms with Gasteiger partial charge in [0.05, 0.1) is 0 Å². The molecule has 1 aromatic carbocycles. The third-order valence-electron chi connectivity index (χ3n) is 2.26. The Morgan fingerprint density at radius 2 is 2.00 bits per heavy atom. The minimum absolute atomic E-state index is 0.624. The van der Waals surface area contributed by atoms with Crippen LogP contribution in [0.3, 0.4) is 0 Å². The Hall–Kier alpha value is -1.42. The van der Waals surface area contributed by atoms with Crippen LogP contribution in [0.25, 0.3) is 0 Å². The Balaban J connectivity index is 2.79. The number of hydrogen-bond donors (Lipinski definition) is 1. The summed E-state index contributed by atoms with van der Waals surface area (Å²) in [7, 11) is 0. The van der Waals surface area contributed by atoms with Gasteiger partial charge < -0.3 is 9.84 Å². The smallest absolute Gasteiger partial charge is 0.338 e. The average Bonchev–Trinajstić information content (AvgIpc) is 2.28. The maximum absolute atomic E-state index is 12.0. The van der Waals surface area contributed by atoms with E-state index in [2.05, 4.69) is 0 Å². The number of halogens is 1. The zero-order chi connectivity index (χ0) is 12.2. The van der Waals surface area contributed by atoms with Gasteiger partial charge in [0.1, 0.15) is 11.7 Å². The van der Waals surface area contributed by atoms with E-state index in [0.717, 1.165) is 0 Å². The van der Waals surface area contributed by atoms with Gasteiger partial charge >= 0.3 is 5.97 Å². The van der Waals surface area contributed by atoms with Gasteiger partial charge in [0.15, 0.2) is 6.67 Å². The van der Waals surface area contributed by atoms with Gasteiger partial charge in [0, 0.05) is 0 Å². The van der Waals surface area contributed by atoms with E-state index >= 15 is 0 Å². The van der Waals surface area contributed by atoms with Crippen LogP contribution >= 0.6 is 0 Å². The summed E-state index contributed by atoms with van der Waals surface area (Å²) < 4.78 is 16.9. The fourth-order valence-corrected chi connectivity index (χ4v) is 1.41. The summed E-state index contributed by atoms with van der Waals surface area (Å²) in [5.41, 5.74) is -0.524. The van der Waals surface area contributed by atoms with E-state index in [4.69, 9.17) is 4.74 Å². The van der Waals surface area contributed by atoms with Crippen LogP contribution in [0.1, 0.15) is 25.5 Å². The fourth-order valence-electron chi connectivity index (χ4n) is 1.41. The summed E-state index contributed by atoms with van der Waals surface area (Å²) in [5, 5.41) is 9.99. The number of aliphatic hydroxyl groups excluding tert-OH is 1. The first-order chi connectivity index (χ1) is 7.47. The van der Waals surface area contributed by atoms with Crippen molar-refractivity contribution in [2.24, 2.45) is 0 Å². The van der Waals surface area contributed by atoms with E-state index in [1.165, 1.54) is 13.8 Å². The predicted molar refractivity (Wildman–Crippen MR) is 57.5 cm³/mol. The van der Waals surface area contributed by atoms with E-state index in [-0.39, 0.29) is 0 Å². The van der Waals surface area contributed by atoms with Crippen LogP contribution in [0.5, 0.6) is 0 Å². The van der Waals surface area contributed by atoms with Gasteiger partial charge in [-0.3, -0.25) is 0 Å². The topological polar surface area (TPSA) is 46.5 Å². The van der Waals surface area contributed by atoms with Crippen LogP contribution in [-0.4, -0.2) is 23.4 Å². The monoisotopic (exact) mass is 226 g/mol. The molecule has 0 bridgehead atoms. The summed E-state index contributed by atoms with van der Waals surface area (Å²) in [6, 6.07) is 8.79. The lowest BCUT2D eigenvalue weighted by Gasteiger charge is -2.30. The number of hydrogen-bond acceptors (Lipinski definition) is 3. The fraction of sp³-hybridized carbons (Fsp3) is 0.417. The first kappa shape index (κ1) is 12.6. The number of aliphatic hydroxyl groups is 1. The Labute approximate surface area is 93.9 Å². The molecule has 1 unspecified atom stereocenters. The summed E-state index contributed by atoms with van der Waals surface area (Å²) in [4.78, 5) is 10.9. The van der Waals surface area contributed by atoms with Crippen molar-refractivity contribution in [3.05, 3.63) is 35.9 Å². The Kier molecular flexibility index (Phi) is 4.01. The van der Waals surface area contributed by atoms with E-state index in [1.54, 1.807) is 24.3 Å². The van der Waals surface area contributed by atoms with Crippen molar-refractivity contribution in [2.45, 2.75) is 25.6 Å². The summed E-state index contributed by atoms with van der Waals surface area (Å²) in [6.45, 7) is 1.89. The summed E-state index contributed by atoms with van der Waals surface area (Å²) in [5.74, 6) is -0.972. The molecule has 0 radical (unpaired) electrons. The maximum atomic E-state index is 12.0. The highest BCUT2D eigenvalue weighted by Gasteiger charge is 2.32. The second-order valence-corrected chi connectivity index (χ2v) is 4.02. The molecule has 88 valence electrons. The normalized spacial score (nSPS) is 13.2. The number of benzene rings is 1. The molecule has 0 aliphatic heterocycles. The third kappa shape index (κ3) is 3.03. The molecule has 1 rings (SSSR count).